The fourth-order valence-corrected chi connectivity index (χ4v) is 2.36. The van der Waals surface area contributed by atoms with E-state index in [0.717, 1.165) is 22.7 Å². The Morgan fingerprint density at radius 2 is 2.21 bits per heavy atom. The lowest BCUT2D eigenvalue weighted by Gasteiger charge is -2.13. The molecule has 1 fully saturated rings. The number of hydrogen-bond donors (Lipinski definition) is 1. The third-order valence-electron chi connectivity index (χ3n) is 2.55. The van der Waals surface area contributed by atoms with Crippen LogP contribution in [0, 0.1) is 5.82 Å². The van der Waals surface area contributed by atoms with Crippen LogP contribution in [0.1, 0.15) is 10.4 Å². The van der Waals surface area contributed by atoms with Crippen molar-refractivity contribution in [3.63, 3.8) is 0 Å². The quantitative estimate of drug-likeness (QED) is 0.902. The van der Waals surface area contributed by atoms with Gasteiger partial charge in [-0.15, -0.1) is 0 Å². The van der Waals surface area contributed by atoms with E-state index in [1.807, 2.05) is 0 Å². The molecule has 0 aromatic heterocycles. The molecule has 1 aromatic rings. The van der Waals surface area contributed by atoms with Crippen molar-refractivity contribution in [1.29, 1.82) is 0 Å². The highest BCUT2D eigenvalue weighted by atomic mass is 32.2. The summed E-state index contributed by atoms with van der Waals surface area (Å²) in [5.74, 6) is -1.04. The van der Waals surface area contributed by atoms with E-state index in [0.29, 0.717) is 0 Å². The van der Waals surface area contributed by atoms with Crippen LogP contribution in [0.3, 0.4) is 0 Å². The van der Waals surface area contributed by atoms with Crippen LogP contribution in [-0.4, -0.2) is 40.8 Å². The predicted octanol–water partition coefficient (Wildman–Crippen LogP) is 1.25. The summed E-state index contributed by atoms with van der Waals surface area (Å²) < 4.78 is 12.9. The van der Waals surface area contributed by atoms with Crippen molar-refractivity contribution >= 4 is 28.8 Å². The molecule has 3 amide bonds. The van der Waals surface area contributed by atoms with Crippen LogP contribution >= 0.6 is 11.8 Å². The molecule has 0 atom stereocenters. The predicted molar refractivity (Wildman–Crippen MR) is 68.3 cm³/mol. The van der Waals surface area contributed by atoms with Crippen molar-refractivity contribution in [2.24, 2.45) is 0 Å². The highest BCUT2D eigenvalue weighted by Crippen LogP contribution is 2.17. The summed E-state index contributed by atoms with van der Waals surface area (Å²) >= 11 is 0.946. The fraction of sp³-hybridized carbons (Fsp3) is 0.250. The number of carbonyl (C=O) groups is 3. The SMILES string of the molecule is O=C(NCCN1C(=O)CSC1=O)c1cccc(F)c1. The molecule has 1 saturated heterocycles. The molecule has 0 aliphatic carbocycles. The number of thioether (sulfide) groups is 1. The number of amides is 3. The molecule has 19 heavy (non-hydrogen) atoms. The van der Waals surface area contributed by atoms with E-state index in [1.165, 1.54) is 18.2 Å². The minimum atomic E-state index is -0.492. The van der Waals surface area contributed by atoms with Crippen molar-refractivity contribution in [3.8, 4) is 0 Å². The Morgan fingerprint density at radius 1 is 1.42 bits per heavy atom. The molecule has 0 radical (unpaired) electrons. The van der Waals surface area contributed by atoms with Crippen LogP contribution in [0.25, 0.3) is 0 Å². The topological polar surface area (TPSA) is 66.5 Å². The van der Waals surface area contributed by atoms with Crippen LogP contribution in [0.5, 0.6) is 0 Å². The number of imide groups is 1. The zero-order chi connectivity index (χ0) is 13.8. The van der Waals surface area contributed by atoms with Gasteiger partial charge < -0.3 is 5.32 Å². The van der Waals surface area contributed by atoms with Crippen LogP contribution in [-0.2, 0) is 4.79 Å². The van der Waals surface area contributed by atoms with E-state index >= 15 is 0 Å². The number of carbonyl (C=O) groups excluding carboxylic acids is 3. The van der Waals surface area contributed by atoms with E-state index in [9.17, 15) is 18.8 Å². The summed E-state index contributed by atoms with van der Waals surface area (Å²) in [5, 5.41) is 2.23. The maximum atomic E-state index is 12.9. The Labute approximate surface area is 113 Å². The summed E-state index contributed by atoms with van der Waals surface area (Å²) in [6, 6.07) is 5.29. The largest absolute Gasteiger partial charge is 0.350 e. The van der Waals surface area contributed by atoms with Crippen molar-refractivity contribution in [1.82, 2.24) is 10.2 Å². The molecular weight excluding hydrogens is 271 g/mol. The molecule has 0 bridgehead atoms. The second-order valence-corrected chi connectivity index (χ2v) is 4.79. The first-order valence-corrected chi connectivity index (χ1v) is 6.57. The second kappa shape index (κ2) is 5.83. The van der Waals surface area contributed by atoms with Gasteiger partial charge in [0, 0.05) is 18.7 Å². The first kappa shape index (κ1) is 13.5. The van der Waals surface area contributed by atoms with Crippen LogP contribution in [0.15, 0.2) is 24.3 Å². The molecule has 0 saturated carbocycles. The summed E-state index contributed by atoms with van der Waals surface area (Å²) in [7, 11) is 0. The third kappa shape index (κ3) is 3.31. The number of rotatable bonds is 4. The minimum Gasteiger partial charge on any atom is -0.350 e. The molecule has 1 aliphatic heterocycles. The zero-order valence-electron chi connectivity index (χ0n) is 9.89. The first-order valence-electron chi connectivity index (χ1n) is 5.59. The van der Waals surface area contributed by atoms with E-state index < -0.39 is 11.7 Å². The Hall–Kier alpha value is -1.89. The molecular formula is C12H11FN2O3S. The third-order valence-corrected chi connectivity index (χ3v) is 3.41. The lowest BCUT2D eigenvalue weighted by molar-refractivity contribution is -0.124. The molecule has 5 nitrogen and oxygen atoms in total. The summed E-state index contributed by atoms with van der Waals surface area (Å²) in [6.45, 7) is 0.277. The lowest BCUT2D eigenvalue weighted by atomic mass is 10.2. The van der Waals surface area contributed by atoms with Gasteiger partial charge in [0.25, 0.3) is 11.1 Å². The van der Waals surface area contributed by atoms with Gasteiger partial charge in [0.05, 0.1) is 5.75 Å². The van der Waals surface area contributed by atoms with E-state index in [2.05, 4.69) is 5.32 Å². The standard InChI is InChI=1S/C12H11FN2O3S/c13-9-3-1-2-8(6-9)11(17)14-4-5-15-10(16)7-19-12(15)18/h1-3,6H,4-5,7H2,(H,14,17). The smallest absolute Gasteiger partial charge is 0.288 e. The molecule has 0 unspecified atom stereocenters. The molecule has 100 valence electrons. The van der Waals surface area contributed by atoms with Gasteiger partial charge in [0.2, 0.25) is 5.91 Å². The van der Waals surface area contributed by atoms with Crippen LogP contribution in [0.4, 0.5) is 9.18 Å². The van der Waals surface area contributed by atoms with Crippen LogP contribution < -0.4 is 5.32 Å². The summed E-state index contributed by atoms with van der Waals surface area (Å²) in [4.78, 5) is 35.3. The first-order chi connectivity index (χ1) is 9.08. The number of halogens is 1. The molecule has 0 spiro atoms. The van der Waals surface area contributed by atoms with Crippen molar-refractivity contribution in [2.75, 3.05) is 18.8 Å². The van der Waals surface area contributed by atoms with Gasteiger partial charge in [-0.05, 0) is 18.2 Å². The second-order valence-electron chi connectivity index (χ2n) is 3.87. The van der Waals surface area contributed by atoms with E-state index in [-0.39, 0.29) is 35.6 Å². The highest BCUT2D eigenvalue weighted by Gasteiger charge is 2.29. The average molecular weight is 282 g/mol. The molecule has 1 aromatic carbocycles. The number of nitrogens with one attached hydrogen (secondary N) is 1. The number of hydrogen-bond acceptors (Lipinski definition) is 4. The van der Waals surface area contributed by atoms with Gasteiger partial charge in [0.1, 0.15) is 5.82 Å². The Bertz CT molecular complexity index is 519. The van der Waals surface area contributed by atoms with E-state index in [4.69, 9.17) is 0 Å². The lowest BCUT2D eigenvalue weighted by Crippen LogP contribution is -2.37. The zero-order valence-corrected chi connectivity index (χ0v) is 10.7. The Morgan fingerprint density at radius 3 is 2.84 bits per heavy atom. The van der Waals surface area contributed by atoms with Gasteiger partial charge in [0.15, 0.2) is 0 Å². The normalized spacial score (nSPS) is 14.9. The molecule has 2 rings (SSSR count). The number of nitrogens with zero attached hydrogens (tertiary/aromatic N) is 1. The fourth-order valence-electron chi connectivity index (χ4n) is 1.61. The average Bonchev–Trinajstić information content (AvgIpc) is 2.70. The molecule has 1 heterocycles. The minimum absolute atomic E-state index is 0.131. The van der Waals surface area contributed by atoms with Crippen molar-refractivity contribution in [3.05, 3.63) is 35.6 Å². The van der Waals surface area contributed by atoms with Gasteiger partial charge in [-0.2, -0.15) is 0 Å². The van der Waals surface area contributed by atoms with Gasteiger partial charge >= 0.3 is 0 Å². The van der Waals surface area contributed by atoms with Gasteiger partial charge in [-0.1, -0.05) is 17.8 Å². The van der Waals surface area contributed by atoms with Crippen LogP contribution in [0.2, 0.25) is 0 Å². The van der Waals surface area contributed by atoms with Crippen molar-refractivity contribution < 1.29 is 18.8 Å². The summed E-state index contributed by atoms with van der Waals surface area (Å²) in [6.07, 6.45) is 0. The molecule has 1 aliphatic rings. The maximum Gasteiger partial charge on any atom is 0.288 e. The maximum absolute atomic E-state index is 12.9. The van der Waals surface area contributed by atoms with Gasteiger partial charge in [-0.3, -0.25) is 19.3 Å². The van der Waals surface area contributed by atoms with Gasteiger partial charge in [-0.25, -0.2) is 4.39 Å². The Balaban J connectivity index is 1.84. The monoisotopic (exact) mass is 282 g/mol. The highest BCUT2D eigenvalue weighted by molar-refractivity contribution is 8.14. The molecule has 7 heteroatoms. The van der Waals surface area contributed by atoms with Crippen molar-refractivity contribution in [2.45, 2.75) is 0 Å². The Kier molecular flexibility index (Phi) is 4.16. The molecule has 1 N–H and O–H groups in total. The van der Waals surface area contributed by atoms with E-state index in [1.54, 1.807) is 0 Å². The summed E-state index contributed by atoms with van der Waals surface area (Å²) in [5.41, 5.74) is 0.202. The number of benzene rings is 1.